The highest BCUT2D eigenvalue weighted by atomic mass is 16.3. The molecule has 3 rings (SSSR count). The molecule has 0 saturated carbocycles. The first-order valence-corrected chi connectivity index (χ1v) is 8.22. The molecule has 2 aromatic heterocycles. The molecule has 7 nitrogen and oxygen atoms in total. The van der Waals surface area contributed by atoms with E-state index < -0.39 is 0 Å². The van der Waals surface area contributed by atoms with Gasteiger partial charge in [-0.25, -0.2) is 4.98 Å². The van der Waals surface area contributed by atoms with E-state index in [0.29, 0.717) is 25.2 Å². The molecule has 0 bridgehead atoms. The Kier molecular flexibility index (Phi) is 4.98. The van der Waals surface area contributed by atoms with Gasteiger partial charge in [-0.05, 0) is 25.0 Å². The van der Waals surface area contributed by atoms with Crippen LogP contribution in [0.5, 0.6) is 0 Å². The minimum Gasteiger partial charge on any atom is -0.469 e. The van der Waals surface area contributed by atoms with Crippen molar-refractivity contribution in [1.29, 1.82) is 0 Å². The quantitative estimate of drug-likeness (QED) is 0.888. The number of carbonyl (C=O) groups is 1. The minimum atomic E-state index is -0.109. The van der Waals surface area contributed by atoms with Gasteiger partial charge in [-0.2, -0.15) is 0 Å². The highest BCUT2D eigenvalue weighted by Crippen LogP contribution is 2.15. The summed E-state index contributed by atoms with van der Waals surface area (Å²) in [7, 11) is 1.71. The van der Waals surface area contributed by atoms with Crippen molar-refractivity contribution in [3.05, 3.63) is 46.9 Å². The molecule has 1 aliphatic heterocycles. The predicted octanol–water partition coefficient (Wildman–Crippen LogP) is 1.09. The topological polar surface area (TPSA) is 80.4 Å². The molecule has 1 amide bonds. The van der Waals surface area contributed by atoms with Crippen LogP contribution in [0.2, 0.25) is 0 Å². The lowest BCUT2D eigenvalue weighted by atomic mass is 10.1. The molecule has 24 heavy (non-hydrogen) atoms. The maximum atomic E-state index is 12.2. The lowest BCUT2D eigenvalue weighted by Crippen LogP contribution is -2.49. The first-order valence-electron chi connectivity index (χ1n) is 8.22. The maximum Gasteiger partial charge on any atom is 0.293 e. The van der Waals surface area contributed by atoms with Crippen LogP contribution in [-0.4, -0.2) is 34.6 Å². The normalized spacial score (nSPS) is 17.7. The Morgan fingerprint density at radius 2 is 2.38 bits per heavy atom. The Bertz CT molecular complexity index is 739. The molecule has 0 radical (unpaired) electrons. The van der Waals surface area contributed by atoms with Crippen molar-refractivity contribution in [3.8, 4) is 0 Å². The van der Waals surface area contributed by atoms with Crippen LogP contribution in [0.25, 0.3) is 0 Å². The predicted molar refractivity (Wildman–Crippen MR) is 89.9 cm³/mol. The number of anilines is 1. The van der Waals surface area contributed by atoms with Crippen LogP contribution in [0.3, 0.4) is 0 Å². The van der Waals surface area contributed by atoms with Crippen LogP contribution in [0.4, 0.5) is 5.82 Å². The lowest BCUT2D eigenvalue weighted by Gasteiger charge is -2.33. The van der Waals surface area contributed by atoms with Gasteiger partial charge in [0.2, 0.25) is 5.91 Å². The van der Waals surface area contributed by atoms with Crippen molar-refractivity contribution in [2.75, 3.05) is 18.0 Å². The largest absolute Gasteiger partial charge is 0.469 e. The molecule has 3 heterocycles. The number of aryl methyl sites for hydroxylation is 2. The third-order valence-corrected chi connectivity index (χ3v) is 4.26. The van der Waals surface area contributed by atoms with E-state index in [1.807, 2.05) is 17.0 Å². The lowest BCUT2D eigenvalue weighted by molar-refractivity contribution is -0.121. The molecule has 0 spiro atoms. The van der Waals surface area contributed by atoms with E-state index in [2.05, 4.69) is 10.3 Å². The summed E-state index contributed by atoms with van der Waals surface area (Å²) < 4.78 is 6.76. The van der Waals surface area contributed by atoms with E-state index in [1.165, 1.54) is 4.57 Å². The van der Waals surface area contributed by atoms with Gasteiger partial charge in [-0.3, -0.25) is 9.59 Å². The fourth-order valence-electron chi connectivity index (χ4n) is 2.98. The minimum absolute atomic E-state index is 0.00664. The second-order valence-electron chi connectivity index (χ2n) is 6.10. The number of amides is 1. The Labute approximate surface area is 140 Å². The number of nitrogens with zero attached hydrogens (tertiary/aromatic N) is 3. The Hall–Kier alpha value is -2.57. The Morgan fingerprint density at radius 1 is 1.50 bits per heavy atom. The van der Waals surface area contributed by atoms with Crippen LogP contribution in [0.15, 0.2) is 40.0 Å². The van der Waals surface area contributed by atoms with Crippen LogP contribution < -0.4 is 15.8 Å². The zero-order valence-corrected chi connectivity index (χ0v) is 13.8. The van der Waals surface area contributed by atoms with Crippen LogP contribution >= 0.6 is 0 Å². The molecule has 0 unspecified atom stereocenters. The molecule has 1 aliphatic rings. The van der Waals surface area contributed by atoms with Crippen molar-refractivity contribution in [3.63, 3.8) is 0 Å². The summed E-state index contributed by atoms with van der Waals surface area (Å²) in [4.78, 5) is 30.5. The monoisotopic (exact) mass is 330 g/mol. The number of nitrogens with one attached hydrogen (secondary N) is 1. The number of piperidine rings is 1. The molecule has 1 fully saturated rings. The molecule has 7 heteroatoms. The third-order valence-electron chi connectivity index (χ3n) is 4.26. The molecular weight excluding hydrogens is 308 g/mol. The van der Waals surface area contributed by atoms with Crippen molar-refractivity contribution in [1.82, 2.24) is 14.9 Å². The van der Waals surface area contributed by atoms with Crippen LogP contribution in [-0.2, 0) is 18.3 Å². The van der Waals surface area contributed by atoms with E-state index in [4.69, 9.17) is 4.42 Å². The van der Waals surface area contributed by atoms with E-state index >= 15 is 0 Å². The van der Waals surface area contributed by atoms with Crippen LogP contribution in [0, 0.1) is 0 Å². The average Bonchev–Trinajstić information content (AvgIpc) is 3.09. The maximum absolute atomic E-state index is 12.2. The molecule has 2 aromatic rings. The van der Waals surface area contributed by atoms with E-state index in [0.717, 1.165) is 25.1 Å². The summed E-state index contributed by atoms with van der Waals surface area (Å²) in [6, 6.07) is 3.72. The number of furan rings is 1. The van der Waals surface area contributed by atoms with Crippen molar-refractivity contribution < 1.29 is 9.21 Å². The second kappa shape index (κ2) is 7.33. The highest BCUT2D eigenvalue weighted by Gasteiger charge is 2.24. The molecule has 0 aliphatic carbocycles. The number of aromatic nitrogens is 2. The van der Waals surface area contributed by atoms with Crippen molar-refractivity contribution in [2.45, 2.75) is 31.7 Å². The molecule has 128 valence electrons. The van der Waals surface area contributed by atoms with Crippen LogP contribution in [0.1, 0.15) is 25.0 Å². The number of hydrogen-bond donors (Lipinski definition) is 1. The van der Waals surface area contributed by atoms with E-state index in [1.54, 1.807) is 25.7 Å². The molecular formula is C17H22N4O3. The van der Waals surface area contributed by atoms with Gasteiger partial charge in [-0.1, -0.05) is 0 Å². The van der Waals surface area contributed by atoms with Crippen molar-refractivity contribution in [2.24, 2.45) is 7.05 Å². The molecule has 1 N–H and O–H groups in total. The van der Waals surface area contributed by atoms with Gasteiger partial charge in [0, 0.05) is 51.4 Å². The first-order chi connectivity index (χ1) is 11.6. The fraction of sp³-hybridized carbons (Fsp3) is 0.471. The Morgan fingerprint density at radius 3 is 3.17 bits per heavy atom. The van der Waals surface area contributed by atoms with E-state index in [9.17, 15) is 9.59 Å². The summed E-state index contributed by atoms with van der Waals surface area (Å²) in [6.45, 7) is 1.39. The van der Waals surface area contributed by atoms with Gasteiger partial charge in [0.1, 0.15) is 5.76 Å². The summed E-state index contributed by atoms with van der Waals surface area (Å²) in [5.74, 6) is 1.27. The summed E-state index contributed by atoms with van der Waals surface area (Å²) in [5.41, 5.74) is -0.109. The van der Waals surface area contributed by atoms with Gasteiger partial charge in [0.15, 0.2) is 5.82 Å². The highest BCUT2D eigenvalue weighted by molar-refractivity contribution is 5.76. The van der Waals surface area contributed by atoms with Gasteiger partial charge < -0.3 is 19.2 Å². The van der Waals surface area contributed by atoms with Gasteiger partial charge in [0.05, 0.1) is 6.26 Å². The number of hydrogen-bond acceptors (Lipinski definition) is 5. The van der Waals surface area contributed by atoms with Gasteiger partial charge in [0.25, 0.3) is 5.56 Å². The zero-order valence-electron chi connectivity index (χ0n) is 13.8. The van der Waals surface area contributed by atoms with Gasteiger partial charge in [-0.15, -0.1) is 0 Å². The smallest absolute Gasteiger partial charge is 0.293 e. The number of carbonyl (C=O) groups excluding carboxylic acids is 1. The average molecular weight is 330 g/mol. The summed E-state index contributed by atoms with van der Waals surface area (Å²) in [5, 5.41) is 3.06. The standard InChI is InChI=1S/C17H22N4O3/c1-20-10-8-18-16(17(20)23)21-9-2-4-13(12-21)19-15(22)7-6-14-5-3-11-24-14/h3,5,8,10-11,13H,2,4,6-7,9,12H2,1H3,(H,19,22)/t13-/m0/s1. The number of rotatable bonds is 5. The summed E-state index contributed by atoms with van der Waals surface area (Å²) >= 11 is 0. The third kappa shape index (κ3) is 3.84. The summed E-state index contributed by atoms with van der Waals surface area (Å²) in [6.07, 6.45) is 7.70. The molecule has 1 saturated heterocycles. The zero-order chi connectivity index (χ0) is 16.9. The molecule has 0 aromatic carbocycles. The second-order valence-corrected chi connectivity index (χ2v) is 6.10. The first kappa shape index (κ1) is 16.3. The Balaban J connectivity index is 1.56. The molecule has 1 atom stereocenters. The van der Waals surface area contributed by atoms with E-state index in [-0.39, 0.29) is 17.5 Å². The van der Waals surface area contributed by atoms with Gasteiger partial charge >= 0.3 is 0 Å². The van der Waals surface area contributed by atoms with Crippen molar-refractivity contribution >= 4 is 11.7 Å². The SMILES string of the molecule is Cn1ccnc(N2CCC[C@H](NC(=O)CCc3ccco3)C2)c1=O. The fourth-order valence-corrected chi connectivity index (χ4v) is 2.98.